The Morgan fingerprint density at radius 2 is 1.76 bits per heavy atom. The van der Waals surface area contributed by atoms with Crippen molar-refractivity contribution in [3.63, 3.8) is 0 Å². The molecule has 5 nitrogen and oxygen atoms in total. The number of benzene rings is 2. The average Bonchev–Trinajstić information content (AvgIpc) is 2.61. The molecule has 0 bridgehead atoms. The number of amides is 2. The summed E-state index contributed by atoms with van der Waals surface area (Å²) in [6.07, 6.45) is 0.238. The van der Waals surface area contributed by atoms with Gasteiger partial charge in [-0.2, -0.15) is 0 Å². The molecule has 0 unspecified atom stereocenters. The third kappa shape index (κ3) is 6.25. The Kier molecular flexibility index (Phi) is 6.95. The molecule has 2 aromatic carbocycles. The second kappa shape index (κ2) is 9.42. The highest BCUT2D eigenvalue weighted by atomic mass is 19.1. The van der Waals surface area contributed by atoms with E-state index in [0.29, 0.717) is 12.1 Å². The summed E-state index contributed by atoms with van der Waals surface area (Å²) in [5.74, 6) is -0.771. The second-order valence-corrected chi connectivity index (χ2v) is 5.51. The number of ether oxygens (including phenoxy) is 1. The van der Waals surface area contributed by atoms with Crippen molar-refractivity contribution in [1.82, 2.24) is 10.6 Å². The molecule has 0 heterocycles. The first-order chi connectivity index (χ1) is 12.1. The summed E-state index contributed by atoms with van der Waals surface area (Å²) in [4.78, 5) is 23.6. The maximum atomic E-state index is 13.6. The van der Waals surface area contributed by atoms with E-state index in [1.54, 1.807) is 6.07 Å². The van der Waals surface area contributed by atoms with Crippen molar-refractivity contribution in [1.29, 1.82) is 0 Å². The van der Waals surface area contributed by atoms with Crippen LogP contribution >= 0.6 is 0 Å². The summed E-state index contributed by atoms with van der Waals surface area (Å²) < 4.78 is 18.4. The van der Waals surface area contributed by atoms with Crippen molar-refractivity contribution in [2.75, 3.05) is 13.7 Å². The van der Waals surface area contributed by atoms with E-state index in [9.17, 15) is 14.0 Å². The van der Waals surface area contributed by atoms with E-state index in [1.807, 2.05) is 30.3 Å². The quantitative estimate of drug-likeness (QED) is 0.771. The number of carbonyl (C=O) groups is 2. The number of methoxy groups -OCH3 is 1. The monoisotopic (exact) mass is 344 g/mol. The number of hydrogen-bond acceptors (Lipinski definition) is 3. The smallest absolute Gasteiger partial charge is 0.224 e. The maximum Gasteiger partial charge on any atom is 0.224 e. The minimum absolute atomic E-state index is 0.0482. The molecule has 0 spiro atoms. The zero-order valence-corrected chi connectivity index (χ0v) is 14.0. The Morgan fingerprint density at radius 1 is 1.00 bits per heavy atom. The largest absolute Gasteiger partial charge is 0.494 e. The highest BCUT2D eigenvalue weighted by molar-refractivity contribution is 5.80. The lowest BCUT2D eigenvalue weighted by atomic mass is 10.1. The van der Waals surface area contributed by atoms with Crippen LogP contribution in [0.1, 0.15) is 17.5 Å². The topological polar surface area (TPSA) is 67.4 Å². The van der Waals surface area contributed by atoms with Gasteiger partial charge in [-0.3, -0.25) is 9.59 Å². The van der Waals surface area contributed by atoms with Gasteiger partial charge in [0.2, 0.25) is 11.8 Å². The molecule has 0 atom stereocenters. The fraction of sp³-hybridized carbons (Fsp3) is 0.263. The van der Waals surface area contributed by atoms with Crippen LogP contribution in [-0.4, -0.2) is 25.5 Å². The van der Waals surface area contributed by atoms with Crippen LogP contribution < -0.4 is 15.4 Å². The van der Waals surface area contributed by atoms with Gasteiger partial charge in [-0.1, -0.05) is 36.4 Å². The molecule has 0 aliphatic heterocycles. The minimum Gasteiger partial charge on any atom is -0.494 e. The number of hydrogen-bond donors (Lipinski definition) is 2. The van der Waals surface area contributed by atoms with Gasteiger partial charge in [0, 0.05) is 19.5 Å². The summed E-state index contributed by atoms with van der Waals surface area (Å²) in [7, 11) is 1.38. The predicted molar refractivity (Wildman–Crippen MR) is 92.6 cm³/mol. The van der Waals surface area contributed by atoms with E-state index in [-0.39, 0.29) is 37.0 Å². The molecular weight excluding hydrogens is 323 g/mol. The molecule has 25 heavy (non-hydrogen) atoms. The summed E-state index contributed by atoms with van der Waals surface area (Å²) in [5.41, 5.74) is 1.56. The van der Waals surface area contributed by atoms with Crippen LogP contribution in [-0.2, 0) is 22.6 Å². The highest BCUT2D eigenvalue weighted by Crippen LogP contribution is 2.17. The third-order valence-electron chi connectivity index (χ3n) is 3.59. The van der Waals surface area contributed by atoms with Crippen LogP contribution in [0.3, 0.4) is 0 Å². The van der Waals surface area contributed by atoms with Gasteiger partial charge < -0.3 is 15.4 Å². The standard InChI is InChI=1S/C19H21FN2O3/c1-25-17-8-7-15(11-16(17)20)12-19(24)21-10-9-18(23)22-13-14-5-3-2-4-6-14/h2-8,11H,9-10,12-13H2,1H3,(H,21,24)(H,22,23). The predicted octanol–water partition coefficient (Wildman–Crippen LogP) is 2.20. The lowest BCUT2D eigenvalue weighted by Gasteiger charge is -2.08. The Labute approximate surface area is 146 Å². The van der Waals surface area contributed by atoms with Crippen LogP contribution in [0.15, 0.2) is 48.5 Å². The lowest BCUT2D eigenvalue weighted by Crippen LogP contribution is -2.31. The summed E-state index contributed by atoms with van der Waals surface area (Å²) in [6.45, 7) is 0.691. The van der Waals surface area contributed by atoms with E-state index >= 15 is 0 Å². The molecule has 2 rings (SSSR count). The molecule has 132 valence electrons. The molecule has 6 heteroatoms. The zero-order chi connectivity index (χ0) is 18.1. The first-order valence-electron chi connectivity index (χ1n) is 7.98. The van der Waals surface area contributed by atoms with E-state index in [4.69, 9.17) is 4.74 Å². The molecular formula is C19H21FN2O3. The van der Waals surface area contributed by atoms with E-state index in [2.05, 4.69) is 10.6 Å². The van der Waals surface area contributed by atoms with E-state index < -0.39 is 5.82 Å². The molecule has 0 radical (unpaired) electrons. The molecule has 0 aliphatic rings. The van der Waals surface area contributed by atoms with Crippen LogP contribution in [0.2, 0.25) is 0 Å². The summed E-state index contributed by atoms with van der Waals surface area (Å²) in [6, 6.07) is 14.0. The molecule has 0 saturated carbocycles. The minimum atomic E-state index is -0.506. The van der Waals surface area contributed by atoms with Gasteiger partial charge in [-0.25, -0.2) is 4.39 Å². The normalized spacial score (nSPS) is 10.2. The molecule has 0 saturated heterocycles. The third-order valence-corrected chi connectivity index (χ3v) is 3.59. The van der Waals surface area contributed by atoms with Crippen molar-refractivity contribution in [3.05, 3.63) is 65.5 Å². The van der Waals surface area contributed by atoms with Crippen LogP contribution in [0.5, 0.6) is 5.75 Å². The number of rotatable bonds is 8. The average molecular weight is 344 g/mol. The number of halogens is 1. The fourth-order valence-electron chi connectivity index (χ4n) is 2.27. The molecule has 0 fully saturated rings. The van der Waals surface area contributed by atoms with Crippen molar-refractivity contribution in [3.8, 4) is 5.75 Å². The van der Waals surface area contributed by atoms with Gasteiger partial charge in [-0.05, 0) is 23.3 Å². The lowest BCUT2D eigenvalue weighted by molar-refractivity contribution is -0.122. The van der Waals surface area contributed by atoms with Crippen LogP contribution in [0.4, 0.5) is 4.39 Å². The van der Waals surface area contributed by atoms with Gasteiger partial charge in [-0.15, -0.1) is 0 Å². The van der Waals surface area contributed by atoms with Crippen molar-refractivity contribution in [2.24, 2.45) is 0 Å². The Hall–Kier alpha value is -2.89. The van der Waals surface area contributed by atoms with Crippen LogP contribution in [0.25, 0.3) is 0 Å². The maximum absolute atomic E-state index is 13.6. The fourth-order valence-corrected chi connectivity index (χ4v) is 2.27. The Bertz CT molecular complexity index is 720. The zero-order valence-electron chi connectivity index (χ0n) is 14.0. The van der Waals surface area contributed by atoms with E-state index in [1.165, 1.54) is 19.2 Å². The van der Waals surface area contributed by atoms with Crippen LogP contribution in [0, 0.1) is 5.82 Å². The highest BCUT2D eigenvalue weighted by Gasteiger charge is 2.08. The van der Waals surface area contributed by atoms with Crippen molar-refractivity contribution < 1.29 is 18.7 Å². The molecule has 0 aliphatic carbocycles. The molecule has 2 aromatic rings. The Morgan fingerprint density at radius 3 is 2.44 bits per heavy atom. The SMILES string of the molecule is COc1ccc(CC(=O)NCCC(=O)NCc2ccccc2)cc1F. The van der Waals surface area contributed by atoms with Gasteiger partial charge in [0.05, 0.1) is 13.5 Å². The first kappa shape index (κ1) is 18.4. The first-order valence-corrected chi connectivity index (χ1v) is 7.98. The van der Waals surface area contributed by atoms with E-state index in [0.717, 1.165) is 5.56 Å². The number of nitrogens with one attached hydrogen (secondary N) is 2. The van der Waals surface area contributed by atoms with Gasteiger partial charge in [0.15, 0.2) is 11.6 Å². The van der Waals surface area contributed by atoms with Gasteiger partial charge >= 0.3 is 0 Å². The van der Waals surface area contributed by atoms with Crippen molar-refractivity contribution >= 4 is 11.8 Å². The molecule has 2 N–H and O–H groups in total. The van der Waals surface area contributed by atoms with Crippen molar-refractivity contribution in [2.45, 2.75) is 19.4 Å². The molecule has 0 aromatic heterocycles. The number of carbonyl (C=O) groups excluding carboxylic acids is 2. The molecule has 2 amide bonds. The Balaban J connectivity index is 1.68. The second-order valence-electron chi connectivity index (χ2n) is 5.51. The summed E-state index contributed by atoms with van der Waals surface area (Å²) in [5, 5.41) is 5.44. The van der Waals surface area contributed by atoms with Gasteiger partial charge in [0.1, 0.15) is 0 Å². The van der Waals surface area contributed by atoms with Gasteiger partial charge in [0.25, 0.3) is 0 Å². The summed E-state index contributed by atoms with van der Waals surface area (Å²) >= 11 is 0.